The van der Waals surface area contributed by atoms with Crippen LogP contribution in [0.1, 0.15) is 49.9 Å². The molecule has 1 fully saturated rings. The number of thiophene rings is 1. The molecule has 7 nitrogen and oxygen atoms in total. The Bertz CT molecular complexity index is 675. The van der Waals surface area contributed by atoms with Crippen LogP contribution in [0.5, 0.6) is 0 Å². The Hall–Kier alpha value is -1.80. The lowest BCUT2D eigenvalue weighted by Crippen LogP contribution is -2.41. The van der Waals surface area contributed by atoms with Crippen molar-refractivity contribution in [1.82, 2.24) is 25.1 Å². The Balaban J connectivity index is 1.77. The molecule has 0 spiro atoms. The highest BCUT2D eigenvalue weighted by Crippen LogP contribution is 2.30. The van der Waals surface area contributed by atoms with Crippen LogP contribution in [0.3, 0.4) is 0 Å². The molecule has 0 radical (unpaired) electrons. The monoisotopic (exact) mass is 362 g/mol. The average molecular weight is 363 g/mol. The van der Waals surface area contributed by atoms with Gasteiger partial charge in [-0.1, -0.05) is 19.9 Å². The van der Waals surface area contributed by atoms with Gasteiger partial charge in [-0.15, -0.1) is 16.4 Å². The quantitative estimate of drug-likeness (QED) is 0.814. The molecule has 8 heteroatoms. The predicted octanol–water partition coefficient (Wildman–Crippen LogP) is 2.07. The first kappa shape index (κ1) is 18.0. The van der Waals surface area contributed by atoms with Crippen LogP contribution in [0, 0.1) is 11.8 Å². The molecule has 1 saturated heterocycles. The van der Waals surface area contributed by atoms with E-state index in [-0.39, 0.29) is 17.9 Å². The predicted molar refractivity (Wildman–Crippen MR) is 96.9 cm³/mol. The van der Waals surface area contributed by atoms with Gasteiger partial charge in [0.2, 0.25) is 5.91 Å². The van der Waals surface area contributed by atoms with Gasteiger partial charge in [0.25, 0.3) is 0 Å². The van der Waals surface area contributed by atoms with Crippen molar-refractivity contribution >= 4 is 17.2 Å². The zero-order chi connectivity index (χ0) is 17.8. The number of tetrazole rings is 1. The average Bonchev–Trinajstić information content (AvgIpc) is 3.25. The molecule has 2 aromatic heterocycles. The number of hydrogen-bond acceptors (Lipinski definition) is 6. The van der Waals surface area contributed by atoms with Gasteiger partial charge in [0.15, 0.2) is 5.82 Å². The summed E-state index contributed by atoms with van der Waals surface area (Å²) in [4.78, 5) is 15.1. The summed E-state index contributed by atoms with van der Waals surface area (Å²) in [6.45, 7) is 6.85. The van der Waals surface area contributed by atoms with Gasteiger partial charge in [0.1, 0.15) is 0 Å². The van der Waals surface area contributed by atoms with E-state index in [0.29, 0.717) is 12.5 Å². The van der Waals surface area contributed by atoms with Crippen molar-refractivity contribution in [2.45, 2.75) is 45.7 Å². The number of hydrogen-bond donors (Lipinski definition) is 1. The lowest BCUT2D eigenvalue weighted by molar-refractivity contribution is -0.123. The van der Waals surface area contributed by atoms with E-state index in [9.17, 15) is 4.79 Å². The second-order valence-electron chi connectivity index (χ2n) is 7.13. The van der Waals surface area contributed by atoms with Gasteiger partial charge in [-0.3, -0.25) is 9.69 Å². The van der Waals surface area contributed by atoms with E-state index in [0.717, 1.165) is 38.2 Å². The smallest absolute Gasteiger partial charge is 0.220 e. The van der Waals surface area contributed by atoms with Crippen LogP contribution in [-0.4, -0.2) is 44.1 Å². The molecule has 0 bridgehead atoms. The van der Waals surface area contributed by atoms with Crippen molar-refractivity contribution in [1.29, 1.82) is 0 Å². The number of carbonyl (C=O) groups is 1. The van der Waals surface area contributed by atoms with Crippen LogP contribution in [0.4, 0.5) is 0 Å². The van der Waals surface area contributed by atoms with Crippen LogP contribution >= 0.6 is 11.3 Å². The maximum absolute atomic E-state index is 11.4. The number of aromatic nitrogens is 4. The van der Waals surface area contributed by atoms with Crippen LogP contribution < -0.4 is 5.73 Å². The molecule has 136 valence electrons. The normalized spacial score (nSPS) is 17.9. The maximum atomic E-state index is 11.4. The van der Waals surface area contributed by atoms with Gasteiger partial charge >= 0.3 is 0 Å². The van der Waals surface area contributed by atoms with Crippen molar-refractivity contribution in [3.05, 3.63) is 28.2 Å². The van der Waals surface area contributed by atoms with Gasteiger partial charge in [-0.25, -0.2) is 4.68 Å². The minimum atomic E-state index is -0.178. The van der Waals surface area contributed by atoms with E-state index >= 15 is 0 Å². The van der Waals surface area contributed by atoms with E-state index in [4.69, 9.17) is 5.73 Å². The largest absolute Gasteiger partial charge is 0.369 e. The molecular formula is C17H26N6OS. The highest BCUT2D eigenvalue weighted by molar-refractivity contribution is 7.09. The van der Waals surface area contributed by atoms with E-state index in [1.807, 2.05) is 10.7 Å². The SMILES string of the molecule is CC(C)C[C@@H](c1nnnn1Cc1cccs1)N1CCC(C(N)=O)CC1. The van der Waals surface area contributed by atoms with Crippen molar-refractivity contribution in [3.63, 3.8) is 0 Å². The second-order valence-corrected chi connectivity index (χ2v) is 8.16. The Morgan fingerprint density at radius 1 is 1.40 bits per heavy atom. The Morgan fingerprint density at radius 3 is 2.76 bits per heavy atom. The van der Waals surface area contributed by atoms with E-state index in [1.54, 1.807) is 11.3 Å². The first-order valence-electron chi connectivity index (χ1n) is 8.86. The maximum Gasteiger partial charge on any atom is 0.220 e. The van der Waals surface area contributed by atoms with E-state index in [2.05, 4.69) is 45.7 Å². The summed E-state index contributed by atoms with van der Waals surface area (Å²) in [5.41, 5.74) is 5.47. The number of likely N-dealkylation sites (tertiary alicyclic amines) is 1. The molecule has 0 aromatic carbocycles. The molecule has 3 rings (SSSR count). The van der Waals surface area contributed by atoms with Gasteiger partial charge in [0, 0.05) is 10.8 Å². The number of nitrogens with zero attached hydrogens (tertiary/aromatic N) is 5. The molecule has 1 aliphatic heterocycles. The van der Waals surface area contributed by atoms with Crippen LogP contribution in [0.25, 0.3) is 0 Å². The van der Waals surface area contributed by atoms with E-state index in [1.165, 1.54) is 4.88 Å². The zero-order valence-corrected chi connectivity index (χ0v) is 15.7. The Morgan fingerprint density at radius 2 is 2.16 bits per heavy atom. The van der Waals surface area contributed by atoms with Gasteiger partial charge in [0.05, 0.1) is 12.6 Å². The minimum absolute atomic E-state index is 0.00179. The zero-order valence-electron chi connectivity index (χ0n) is 14.8. The fourth-order valence-electron chi connectivity index (χ4n) is 3.47. The first-order chi connectivity index (χ1) is 12.0. The van der Waals surface area contributed by atoms with Crippen molar-refractivity contribution in [2.24, 2.45) is 17.6 Å². The minimum Gasteiger partial charge on any atom is -0.369 e. The summed E-state index contributed by atoms with van der Waals surface area (Å²) in [6, 6.07) is 4.32. The summed E-state index contributed by atoms with van der Waals surface area (Å²) in [5, 5.41) is 14.6. The second kappa shape index (κ2) is 8.05. The molecular weight excluding hydrogens is 336 g/mol. The number of amides is 1. The van der Waals surface area contributed by atoms with Crippen LogP contribution in [-0.2, 0) is 11.3 Å². The fourth-order valence-corrected chi connectivity index (χ4v) is 4.16. The lowest BCUT2D eigenvalue weighted by atomic mass is 9.93. The molecule has 3 heterocycles. The number of rotatable bonds is 7. The topological polar surface area (TPSA) is 89.9 Å². The van der Waals surface area contributed by atoms with Gasteiger partial charge in [-0.05, 0) is 60.1 Å². The molecule has 2 N–H and O–H groups in total. The molecule has 1 aliphatic rings. The highest BCUT2D eigenvalue weighted by Gasteiger charge is 2.31. The van der Waals surface area contributed by atoms with E-state index < -0.39 is 0 Å². The number of primary amides is 1. The summed E-state index contributed by atoms with van der Waals surface area (Å²) < 4.78 is 1.92. The summed E-state index contributed by atoms with van der Waals surface area (Å²) in [6.07, 6.45) is 2.62. The number of nitrogens with two attached hydrogens (primary N) is 1. The van der Waals surface area contributed by atoms with Crippen molar-refractivity contribution < 1.29 is 4.79 Å². The third kappa shape index (κ3) is 4.43. The summed E-state index contributed by atoms with van der Waals surface area (Å²) in [5.74, 6) is 1.27. The molecule has 0 aliphatic carbocycles. The molecule has 1 atom stereocenters. The van der Waals surface area contributed by atoms with Gasteiger partial charge in [-0.2, -0.15) is 0 Å². The van der Waals surface area contributed by atoms with Crippen molar-refractivity contribution in [2.75, 3.05) is 13.1 Å². The molecule has 0 unspecified atom stereocenters. The molecule has 0 saturated carbocycles. The van der Waals surface area contributed by atoms with Crippen LogP contribution in [0.2, 0.25) is 0 Å². The molecule has 1 amide bonds. The highest BCUT2D eigenvalue weighted by atomic mass is 32.1. The standard InChI is InChI=1S/C17H26N6OS/c1-12(2)10-15(22-7-5-13(6-8-22)16(18)24)17-19-20-21-23(17)11-14-4-3-9-25-14/h3-4,9,12-13,15H,5-8,10-11H2,1-2H3,(H2,18,24)/t15-/m0/s1. The number of piperidine rings is 1. The Labute approximate surface area is 152 Å². The molecule has 25 heavy (non-hydrogen) atoms. The lowest BCUT2D eigenvalue weighted by Gasteiger charge is -2.36. The summed E-state index contributed by atoms with van der Waals surface area (Å²) in [7, 11) is 0. The third-order valence-electron chi connectivity index (χ3n) is 4.81. The Kier molecular flexibility index (Phi) is 5.80. The van der Waals surface area contributed by atoms with Crippen LogP contribution in [0.15, 0.2) is 17.5 Å². The fraction of sp³-hybridized carbons (Fsp3) is 0.647. The summed E-state index contributed by atoms with van der Waals surface area (Å²) >= 11 is 1.71. The van der Waals surface area contributed by atoms with Gasteiger partial charge < -0.3 is 5.73 Å². The van der Waals surface area contributed by atoms with Crippen molar-refractivity contribution in [3.8, 4) is 0 Å². The number of carbonyl (C=O) groups excluding carboxylic acids is 1. The third-order valence-corrected chi connectivity index (χ3v) is 5.67. The first-order valence-corrected chi connectivity index (χ1v) is 9.74. The molecule has 2 aromatic rings.